The molecule has 3 N–H and O–H groups in total. The minimum Gasteiger partial charge on any atom is -0.495 e. The number of benzene rings is 3. The van der Waals surface area contributed by atoms with E-state index < -0.39 is 24.2 Å². The summed E-state index contributed by atoms with van der Waals surface area (Å²) in [4.78, 5) is 47.9. The second-order valence-corrected chi connectivity index (χ2v) is 15.5. The summed E-state index contributed by atoms with van der Waals surface area (Å²) in [6, 6.07) is 17.4. The molecule has 0 spiro atoms. The Morgan fingerprint density at radius 2 is 1.80 bits per heavy atom. The number of aliphatic hydroxyl groups is 1. The number of aliphatic hydroxyl groups excluding tert-OH is 1. The highest BCUT2D eigenvalue weighted by Gasteiger charge is 2.63. The van der Waals surface area contributed by atoms with Crippen LogP contribution in [-0.4, -0.2) is 80.1 Å². The van der Waals surface area contributed by atoms with Gasteiger partial charge in [0.05, 0.1) is 31.0 Å². The Hall–Kier alpha value is -3.79. The Morgan fingerprint density at radius 3 is 2.49 bits per heavy atom. The molecule has 9 nitrogen and oxygen atoms in total. The zero-order chi connectivity index (χ0) is 34.7. The largest absolute Gasteiger partial charge is 0.495 e. The van der Waals surface area contributed by atoms with E-state index in [-0.39, 0.29) is 40.1 Å². The standard InChI is InChI=1S/C40H50N4O5/c1-24(36(46)34-23-41-16-17-43(34)33-12-8-9-13-35(33)49-5)44(38(48)30-21-40(4)15-14-31(30)39(40,2)3)26-18-25-10-6-7-11-28(25)29(19-26)37(47)32-20-27(45)22-42-32/h6-13,18-19,24,27,30-32,34,41-42,45H,14-17,20-23H2,1-5H3/t24-,27+,30?,31?,32-,34?,40?/m0/s1. The number of ether oxygens (including phenoxy) is 1. The molecule has 4 aliphatic rings. The Labute approximate surface area is 289 Å². The first-order chi connectivity index (χ1) is 23.4. The topological polar surface area (TPSA) is 111 Å². The van der Waals surface area contributed by atoms with Crippen LogP contribution in [0.3, 0.4) is 0 Å². The van der Waals surface area contributed by atoms with Crippen molar-refractivity contribution >= 4 is 39.6 Å². The lowest BCUT2D eigenvalue weighted by atomic mass is 9.71. The maximum Gasteiger partial charge on any atom is 0.231 e. The lowest BCUT2D eigenvalue weighted by Gasteiger charge is -2.41. The molecule has 49 heavy (non-hydrogen) atoms. The van der Waals surface area contributed by atoms with Gasteiger partial charge in [-0.15, -0.1) is 0 Å². The molecule has 7 atom stereocenters. The first kappa shape index (κ1) is 33.7. The Balaban J connectivity index is 1.32. The second-order valence-electron chi connectivity index (χ2n) is 15.5. The van der Waals surface area contributed by atoms with Crippen LogP contribution in [0.2, 0.25) is 0 Å². The third kappa shape index (κ3) is 5.64. The normalized spacial score (nSPS) is 29.6. The van der Waals surface area contributed by atoms with Crippen LogP contribution in [0, 0.1) is 22.7 Å². The van der Waals surface area contributed by atoms with Gasteiger partial charge in [-0.25, -0.2) is 0 Å². The van der Waals surface area contributed by atoms with E-state index in [1.54, 1.807) is 12.0 Å². The summed E-state index contributed by atoms with van der Waals surface area (Å²) in [6.45, 7) is 10.9. The van der Waals surface area contributed by atoms with Crippen LogP contribution in [0.15, 0.2) is 60.7 Å². The summed E-state index contributed by atoms with van der Waals surface area (Å²) in [6.07, 6.45) is 2.61. The lowest BCUT2D eigenvalue weighted by Crippen LogP contribution is -2.60. The van der Waals surface area contributed by atoms with Gasteiger partial charge in [0.25, 0.3) is 0 Å². The van der Waals surface area contributed by atoms with E-state index >= 15 is 4.79 Å². The number of hydrogen-bond acceptors (Lipinski definition) is 8. The maximum atomic E-state index is 15.2. The number of hydrogen-bond donors (Lipinski definition) is 3. The smallest absolute Gasteiger partial charge is 0.231 e. The molecule has 2 saturated heterocycles. The molecule has 9 heteroatoms. The maximum absolute atomic E-state index is 15.2. The number of anilines is 2. The van der Waals surface area contributed by atoms with E-state index in [1.165, 1.54) is 0 Å². The highest BCUT2D eigenvalue weighted by atomic mass is 16.5. The summed E-state index contributed by atoms with van der Waals surface area (Å²) in [5.74, 6) is 0.453. The van der Waals surface area contributed by atoms with Gasteiger partial charge in [-0.3, -0.25) is 14.4 Å². The SMILES string of the molecule is COc1ccccc1N1CCNCC1C(=O)[C@H](C)N(C(=O)C1CC2(C)CCC1C2(C)C)c1cc(C(=O)[C@@H]2C[C@@H](O)CN2)c2ccccc2c1. The lowest BCUT2D eigenvalue weighted by molar-refractivity contribution is -0.128. The molecule has 260 valence electrons. The number of nitrogens with one attached hydrogen (secondary N) is 2. The van der Waals surface area contributed by atoms with Gasteiger partial charge >= 0.3 is 0 Å². The van der Waals surface area contributed by atoms with Crippen molar-refractivity contribution in [3.05, 3.63) is 66.2 Å². The van der Waals surface area contributed by atoms with Gasteiger partial charge in [-0.1, -0.05) is 57.2 Å². The van der Waals surface area contributed by atoms with Crippen molar-refractivity contribution in [3.8, 4) is 5.75 Å². The van der Waals surface area contributed by atoms with Crippen molar-refractivity contribution in [1.82, 2.24) is 10.6 Å². The Morgan fingerprint density at radius 1 is 1.04 bits per heavy atom. The predicted molar refractivity (Wildman–Crippen MR) is 192 cm³/mol. The van der Waals surface area contributed by atoms with E-state index in [0.29, 0.717) is 43.1 Å². The number of nitrogens with zero attached hydrogens (tertiary/aromatic N) is 2. The number of carbonyl (C=O) groups is 3. The summed E-state index contributed by atoms with van der Waals surface area (Å²) < 4.78 is 5.70. The summed E-state index contributed by atoms with van der Waals surface area (Å²) in [5, 5.41) is 18.4. The van der Waals surface area contributed by atoms with Crippen LogP contribution in [0.4, 0.5) is 11.4 Å². The van der Waals surface area contributed by atoms with Crippen molar-refractivity contribution in [1.29, 1.82) is 0 Å². The number of ketones is 2. The molecule has 2 bridgehead atoms. The van der Waals surface area contributed by atoms with Crippen LogP contribution in [-0.2, 0) is 9.59 Å². The number of piperazine rings is 1. The summed E-state index contributed by atoms with van der Waals surface area (Å²) in [7, 11) is 1.64. The summed E-state index contributed by atoms with van der Waals surface area (Å²) in [5.41, 5.74) is 1.95. The Bertz CT molecular complexity index is 1770. The monoisotopic (exact) mass is 666 g/mol. The molecule has 3 aromatic carbocycles. The minimum absolute atomic E-state index is 0.000313. The van der Waals surface area contributed by atoms with Crippen molar-refractivity contribution < 1.29 is 24.2 Å². The average Bonchev–Trinajstić information content (AvgIpc) is 3.71. The van der Waals surface area contributed by atoms with Crippen LogP contribution in [0.5, 0.6) is 5.75 Å². The Kier molecular flexibility index (Phi) is 8.82. The van der Waals surface area contributed by atoms with E-state index in [1.807, 2.05) is 67.6 Å². The molecule has 3 aromatic rings. The van der Waals surface area contributed by atoms with Crippen molar-refractivity contribution in [3.63, 3.8) is 0 Å². The fourth-order valence-electron chi connectivity index (χ4n) is 9.54. The first-order valence-corrected chi connectivity index (χ1v) is 17.9. The first-order valence-electron chi connectivity index (χ1n) is 17.9. The van der Waals surface area contributed by atoms with Crippen LogP contribution in [0.25, 0.3) is 10.8 Å². The molecule has 2 aliphatic carbocycles. The van der Waals surface area contributed by atoms with E-state index in [2.05, 4.69) is 36.3 Å². The van der Waals surface area contributed by atoms with Crippen LogP contribution in [0.1, 0.15) is 63.7 Å². The molecule has 2 aliphatic heterocycles. The van der Waals surface area contributed by atoms with E-state index in [4.69, 9.17) is 4.74 Å². The van der Waals surface area contributed by atoms with Gasteiger partial charge in [0.15, 0.2) is 11.6 Å². The number of fused-ring (bicyclic) bond motifs is 3. The molecule has 7 rings (SSSR count). The van der Waals surface area contributed by atoms with Crippen LogP contribution < -0.4 is 25.2 Å². The molecular weight excluding hydrogens is 616 g/mol. The fraction of sp³-hybridized carbons (Fsp3) is 0.525. The van der Waals surface area contributed by atoms with Gasteiger partial charge in [0, 0.05) is 43.3 Å². The van der Waals surface area contributed by atoms with Gasteiger partial charge in [-0.2, -0.15) is 0 Å². The minimum atomic E-state index is -0.805. The van der Waals surface area contributed by atoms with Gasteiger partial charge < -0.3 is 30.3 Å². The predicted octanol–water partition coefficient (Wildman–Crippen LogP) is 4.99. The quantitative estimate of drug-likeness (QED) is 0.274. The number of amides is 1. The second kappa shape index (κ2) is 12.8. The third-order valence-electron chi connectivity index (χ3n) is 12.8. The molecule has 4 fully saturated rings. The molecule has 2 heterocycles. The summed E-state index contributed by atoms with van der Waals surface area (Å²) >= 11 is 0. The number of para-hydroxylation sites is 2. The number of methoxy groups -OCH3 is 1. The molecular formula is C40H50N4O5. The number of β-amino-alcohol motifs (C(OH)–C–C–N with tert-alkyl or cyclic N) is 1. The van der Waals surface area contributed by atoms with Gasteiger partial charge in [0.2, 0.25) is 5.91 Å². The molecule has 0 radical (unpaired) electrons. The zero-order valence-electron chi connectivity index (χ0n) is 29.4. The number of Topliss-reactive ketones (excluding diaryl/α,β-unsaturated/α-hetero) is 2. The zero-order valence-corrected chi connectivity index (χ0v) is 29.4. The molecule has 0 aromatic heterocycles. The van der Waals surface area contributed by atoms with Gasteiger partial charge in [-0.05, 0) is 84.4 Å². The van der Waals surface area contributed by atoms with Crippen molar-refractivity contribution in [2.24, 2.45) is 22.7 Å². The van der Waals surface area contributed by atoms with Crippen LogP contribution >= 0.6 is 0 Å². The molecule has 1 amide bonds. The number of carbonyl (C=O) groups excluding carboxylic acids is 3. The highest BCUT2D eigenvalue weighted by Crippen LogP contribution is 2.68. The fourth-order valence-corrected chi connectivity index (χ4v) is 9.54. The third-order valence-corrected chi connectivity index (χ3v) is 12.8. The van der Waals surface area contributed by atoms with Gasteiger partial charge in [0.1, 0.15) is 11.8 Å². The number of rotatable bonds is 9. The van der Waals surface area contributed by atoms with Crippen molar-refractivity contribution in [2.75, 3.05) is 43.1 Å². The molecule has 2 saturated carbocycles. The van der Waals surface area contributed by atoms with E-state index in [9.17, 15) is 14.7 Å². The van der Waals surface area contributed by atoms with Crippen molar-refractivity contribution in [2.45, 2.75) is 77.6 Å². The molecule has 4 unspecified atom stereocenters. The highest BCUT2D eigenvalue weighted by molar-refractivity contribution is 6.14. The average molecular weight is 667 g/mol. The van der Waals surface area contributed by atoms with E-state index in [0.717, 1.165) is 42.3 Å².